The van der Waals surface area contributed by atoms with E-state index in [9.17, 15) is 19.2 Å². The Hall–Kier alpha value is -2.42. The highest BCUT2D eigenvalue weighted by Gasteiger charge is 2.34. The van der Waals surface area contributed by atoms with Crippen LogP contribution in [0.1, 0.15) is 50.6 Å². The Morgan fingerprint density at radius 1 is 1.38 bits per heavy atom. The number of thioether (sulfide) groups is 1. The van der Waals surface area contributed by atoms with Crippen molar-refractivity contribution in [1.29, 1.82) is 0 Å². The van der Waals surface area contributed by atoms with E-state index in [0.29, 0.717) is 23.6 Å². The zero-order valence-corrected chi connectivity index (χ0v) is 13.9. The van der Waals surface area contributed by atoms with E-state index >= 15 is 0 Å². The summed E-state index contributed by atoms with van der Waals surface area (Å²) < 4.78 is 4.58. The van der Waals surface area contributed by atoms with Crippen molar-refractivity contribution in [2.75, 3.05) is 19.4 Å². The fourth-order valence-corrected chi connectivity index (χ4v) is 3.21. The molecule has 0 aliphatic heterocycles. The van der Waals surface area contributed by atoms with Crippen LogP contribution < -0.4 is 5.32 Å². The van der Waals surface area contributed by atoms with Gasteiger partial charge >= 0.3 is 5.97 Å². The Bertz CT molecular complexity index is 695. The van der Waals surface area contributed by atoms with Crippen LogP contribution in [0.15, 0.2) is 11.0 Å². The monoisotopic (exact) mass is 351 g/mol. The highest BCUT2D eigenvalue weighted by molar-refractivity contribution is 8.04. The number of allylic oxidation sites excluding steroid dienone is 2. The van der Waals surface area contributed by atoms with Gasteiger partial charge in [0.25, 0.3) is 0 Å². The van der Waals surface area contributed by atoms with Crippen molar-refractivity contribution in [3.8, 4) is 0 Å². The quantitative estimate of drug-likeness (QED) is 0.388. The van der Waals surface area contributed by atoms with Gasteiger partial charge in [-0.3, -0.25) is 19.5 Å². The summed E-state index contributed by atoms with van der Waals surface area (Å²) in [5.41, 5.74) is -0.172. The molecule has 0 saturated heterocycles. The van der Waals surface area contributed by atoms with Gasteiger partial charge in [0.2, 0.25) is 18.0 Å². The highest BCUT2D eigenvalue weighted by atomic mass is 32.2. The zero-order chi connectivity index (χ0) is 17.5. The SMILES string of the molecule is COC(=O)c1n[nH]c2c1C(=O)C(SCCCCCNC=O)=CC2=O. The number of hydrogen-bond donors (Lipinski definition) is 2. The summed E-state index contributed by atoms with van der Waals surface area (Å²) in [6, 6.07) is 0. The first-order valence-corrected chi connectivity index (χ1v) is 8.36. The van der Waals surface area contributed by atoms with Crippen molar-refractivity contribution < 1.29 is 23.9 Å². The lowest BCUT2D eigenvalue weighted by atomic mass is 9.99. The van der Waals surface area contributed by atoms with Crippen molar-refractivity contribution >= 4 is 35.7 Å². The number of aromatic amines is 1. The molecule has 9 heteroatoms. The molecule has 0 spiro atoms. The van der Waals surface area contributed by atoms with Gasteiger partial charge in [0, 0.05) is 12.6 Å². The zero-order valence-electron chi connectivity index (χ0n) is 13.1. The number of fused-ring (bicyclic) bond motifs is 1. The number of ether oxygens (including phenoxy) is 1. The van der Waals surface area contributed by atoms with Crippen LogP contribution in [-0.2, 0) is 9.53 Å². The first kappa shape index (κ1) is 17.9. The Morgan fingerprint density at radius 2 is 2.17 bits per heavy atom. The average Bonchev–Trinajstić information content (AvgIpc) is 3.03. The number of unbranched alkanes of at least 4 members (excludes halogenated alkanes) is 2. The summed E-state index contributed by atoms with van der Waals surface area (Å²) in [7, 11) is 1.18. The molecule has 0 bridgehead atoms. The molecule has 1 aliphatic carbocycles. The van der Waals surface area contributed by atoms with Crippen LogP contribution >= 0.6 is 11.8 Å². The van der Waals surface area contributed by atoms with Gasteiger partial charge in [0.15, 0.2) is 5.69 Å². The number of aromatic nitrogens is 2. The Morgan fingerprint density at radius 3 is 2.88 bits per heavy atom. The van der Waals surface area contributed by atoms with Gasteiger partial charge in [-0.05, 0) is 18.6 Å². The molecule has 2 N–H and O–H groups in total. The molecule has 128 valence electrons. The number of nitrogens with zero attached hydrogens (tertiary/aromatic N) is 1. The first-order valence-electron chi connectivity index (χ1n) is 7.37. The molecule has 1 amide bonds. The molecule has 1 aromatic heterocycles. The maximum atomic E-state index is 12.5. The number of esters is 1. The molecule has 1 heterocycles. The van der Waals surface area contributed by atoms with Crippen LogP contribution in [0.3, 0.4) is 0 Å². The molecule has 0 fully saturated rings. The van der Waals surface area contributed by atoms with Crippen molar-refractivity contribution in [3.63, 3.8) is 0 Å². The van der Waals surface area contributed by atoms with Crippen molar-refractivity contribution in [1.82, 2.24) is 15.5 Å². The average molecular weight is 351 g/mol. The topological polar surface area (TPSA) is 118 Å². The lowest BCUT2D eigenvalue weighted by Crippen LogP contribution is -2.18. The lowest BCUT2D eigenvalue weighted by Gasteiger charge is -2.11. The van der Waals surface area contributed by atoms with E-state index in [-0.39, 0.29) is 22.7 Å². The predicted molar refractivity (Wildman–Crippen MR) is 87.0 cm³/mol. The molecular formula is C15H17N3O5S. The minimum Gasteiger partial charge on any atom is -0.464 e. The summed E-state index contributed by atoms with van der Waals surface area (Å²) in [5.74, 6) is -0.883. The summed E-state index contributed by atoms with van der Waals surface area (Å²) in [5, 5.41) is 8.73. The van der Waals surface area contributed by atoms with Crippen LogP contribution in [0.4, 0.5) is 0 Å². The van der Waals surface area contributed by atoms with E-state index in [4.69, 9.17) is 0 Å². The second-order valence-corrected chi connectivity index (χ2v) is 6.13. The number of nitrogens with one attached hydrogen (secondary N) is 2. The van der Waals surface area contributed by atoms with E-state index < -0.39 is 11.8 Å². The van der Waals surface area contributed by atoms with Gasteiger partial charge in [-0.15, -0.1) is 11.8 Å². The third-order valence-electron chi connectivity index (χ3n) is 3.41. The number of methoxy groups -OCH3 is 1. The molecule has 0 unspecified atom stereocenters. The van der Waals surface area contributed by atoms with Gasteiger partial charge < -0.3 is 10.1 Å². The summed E-state index contributed by atoms with van der Waals surface area (Å²) >= 11 is 1.28. The number of carbonyl (C=O) groups is 4. The van der Waals surface area contributed by atoms with Gasteiger partial charge in [-0.25, -0.2) is 4.79 Å². The van der Waals surface area contributed by atoms with Crippen LogP contribution in [0.25, 0.3) is 0 Å². The molecule has 0 radical (unpaired) electrons. The highest BCUT2D eigenvalue weighted by Crippen LogP contribution is 2.30. The molecule has 0 saturated carbocycles. The summed E-state index contributed by atoms with van der Waals surface area (Å²) in [6.45, 7) is 0.620. The molecule has 8 nitrogen and oxygen atoms in total. The molecule has 1 aliphatic rings. The smallest absolute Gasteiger partial charge is 0.359 e. The number of rotatable bonds is 9. The van der Waals surface area contributed by atoms with Gasteiger partial charge in [-0.1, -0.05) is 6.42 Å². The van der Waals surface area contributed by atoms with Crippen LogP contribution in [-0.4, -0.2) is 53.6 Å². The van der Waals surface area contributed by atoms with Crippen molar-refractivity contribution in [2.45, 2.75) is 19.3 Å². The number of amides is 1. The van der Waals surface area contributed by atoms with Crippen LogP contribution in [0, 0.1) is 0 Å². The predicted octanol–water partition coefficient (Wildman–Crippen LogP) is 1.11. The van der Waals surface area contributed by atoms with Crippen molar-refractivity contribution in [2.24, 2.45) is 0 Å². The van der Waals surface area contributed by atoms with Crippen molar-refractivity contribution in [3.05, 3.63) is 27.9 Å². The molecule has 24 heavy (non-hydrogen) atoms. The largest absolute Gasteiger partial charge is 0.464 e. The molecule has 2 rings (SSSR count). The van der Waals surface area contributed by atoms with E-state index in [0.717, 1.165) is 19.3 Å². The Balaban J connectivity index is 1.97. The molecular weight excluding hydrogens is 334 g/mol. The second-order valence-electron chi connectivity index (χ2n) is 5.00. The number of hydrogen-bond acceptors (Lipinski definition) is 7. The van der Waals surface area contributed by atoms with Gasteiger partial charge in [0.1, 0.15) is 5.69 Å². The van der Waals surface area contributed by atoms with Crippen LogP contribution in [0.2, 0.25) is 0 Å². The number of Topliss-reactive ketones (excluding diaryl/α,β-unsaturated/α-hetero) is 1. The lowest BCUT2D eigenvalue weighted by molar-refractivity contribution is -0.109. The summed E-state index contributed by atoms with van der Waals surface area (Å²) in [4.78, 5) is 46.7. The number of carbonyl (C=O) groups excluding carboxylic acids is 4. The third kappa shape index (κ3) is 3.91. The molecule has 0 aromatic carbocycles. The first-order chi connectivity index (χ1) is 11.6. The minimum atomic E-state index is -0.762. The standard InChI is InChI=1S/C15H17N3O5S/c1-23-15(22)13-11-12(17-18-13)9(20)7-10(14(11)21)24-6-4-2-3-5-16-8-19/h7-8H,2-6H2,1H3,(H,16,19)(H,17,18). The number of H-pyrrole nitrogens is 1. The number of ketones is 2. The molecule has 0 atom stereocenters. The van der Waals surface area contributed by atoms with E-state index in [1.165, 1.54) is 24.9 Å². The van der Waals surface area contributed by atoms with E-state index in [2.05, 4.69) is 20.3 Å². The van der Waals surface area contributed by atoms with E-state index in [1.54, 1.807) is 0 Å². The summed E-state index contributed by atoms with van der Waals surface area (Å²) in [6.07, 6.45) is 4.51. The van der Waals surface area contributed by atoms with E-state index in [1.807, 2.05) is 0 Å². The maximum Gasteiger partial charge on any atom is 0.359 e. The maximum absolute atomic E-state index is 12.5. The molecule has 1 aromatic rings. The fourth-order valence-electron chi connectivity index (χ4n) is 2.22. The second kappa shape index (κ2) is 8.44. The van der Waals surface area contributed by atoms with Gasteiger partial charge in [-0.2, -0.15) is 5.10 Å². The normalized spacial score (nSPS) is 13.3. The Kier molecular flexibility index (Phi) is 6.30. The fraction of sp³-hybridized carbons (Fsp3) is 0.400. The van der Waals surface area contributed by atoms with Crippen LogP contribution in [0.5, 0.6) is 0 Å². The Labute approximate surface area is 142 Å². The third-order valence-corrected chi connectivity index (χ3v) is 4.52. The minimum absolute atomic E-state index is 0.0182. The van der Waals surface area contributed by atoms with Gasteiger partial charge in [0.05, 0.1) is 17.6 Å².